The van der Waals surface area contributed by atoms with Crippen molar-refractivity contribution in [2.75, 3.05) is 44.3 Å². The van der Waals surface area contributed by atoms with E-state index in [4.69, 9.17) is 9.73 Å². The summed E-state index contributed by atoms with van der Waals surface area (Å²) in [6, 6.07) is 13.0. The van der Waals surface area contributed by atoms with Gasteiger partial charge in [-0.1, -0.05) is 51.1 Å². The van der Waals surface area contributed by atoms with Gasteiger partial charge in [0.15, 0.2) is 5.96 Å². The standard InChI is InChI=1S/C25H37N5O/c1-5-20-9-11-22(12-10-20)25(3,4)19-29-24(26-6-2)28-18-21-8-7-13-27-23(21)30-14-16-31-17-15-30/h7-13H,5-6,14-19H2,1-4H3,(H2,26,28,29). The summed E-state index contributed by atoms with van der Waals surface area (Å²) in [5.74, 6) is 1.85. The van der Waals surface area contributed by atoms with Crippen LogP contribution in [0, 0.1) is 0 Å². The number of pyridine rings is 1. The molecule has 6 heteroatoms. The van der Waals surface area contributed by atoms with Crippen LogP contribution in [0.3, 0.4) is 0 Å². The lowest BCUT2D eigenvalue weighted by molar-refractivity contribution is 0.122. The van der Waals surface area contributed by atoms with Crippen molar-refractivity contribution < 1.29 is 4.74 Å². The zero-order valence-corrected chi connectivity index (χ0v) is 19.4. The summed E-state index contributed by atoms with van der Waals surface area (Å²) in [6.45, 7) is 14.3. The quantitative estimate of drug-likeness (QED) is 0.503. The van der Waals surface area contributed by atoms with E-state index in [-0.39, 0.29) is 5.41 Å². The molecule has 0 saturated carbocycles. The molecule has 2 aromatic rings. The fraction of sp³-hybridized carbons (Fsp3) is 0.520. The normalized spacial score (nSPS) is 15.1. The summed E-state index contributed by atoms with van der Waals surface area (Å²) in [4.78, 5) is 11.8. The zero-order chi connectivity index (χ0) is 22.1. The third kappa shape index (κ3) is 6.44. The Morgan fingerprint density at radius 2 is 1.84 bits per heavy atom. The van der Waals surface area contributed by atoms with Crippen LogP contribution in [0.2, 0.25) is 0 Å². The lowest BCUT2D eigenvalue weighted by atomic mass is 9.84. The van der Waals surface area contributed by atoms with Gasteiger partial charge in [0, 0.05) is 43.4 Å². The smallest absolute Gasteiger partial charge is 0.191 e. The van der Waals surface area contributed by atoms with Gasteiger partial charge in [0.1, 0.15) is 5.82 Å². The van der Waals surface area contributed by atoms with E-state index in [0.29, 0.717) is 6.54 Å². The van der Waals surface area contributed by atoms with Gasteiger partial charge >= 0.3 is 0 Å². The Kier molecular flexibility index (Phi) is 8.29. The van der Waals surface area contributed by atoms with Crippen molar-refractivity contribution in [2.24, 2.45) is 4.99 Å². The van der Waals surface area contributed by atoms with Crippen molar-refractivity contribution in [3.8, 4) is 0 Å². The minimum Gasteiger partial charge on any atom is -0.378 e. The molecule has 0 amide bonds. The Hall–Kier alpha value is -2.60. The van der Waals surface area contributed by atoms with Crippen LogP contribution in [0.5, 0.6) is 0 Å². The summed E-state index contributed by atoms with van der Waals surface area (Å²) >= 11 is 0. The van der Waals surface area contributed by atoms with Gasteiger partial charge in [0.05, 0.1) is 19.8 Å². The van der Waals surface area contributed by atoms with Crippen molar-refractivity contribution in [3.05, 3.63) is 59.3 Å². The van der Waals surface area contributed by atoms with Crippen LogP contribution >= 0.6 is 0 Å². The summed E-state index contributed by atoms with van der Waals surface area (Å²) in [5.41, 5.74) is 3.83. The van der Waals surface area contributed by atoms with Crippen molar-refractivity contribution in [1.29, 1.82) is 0 Å². The van der Waals surface area contributed by atoms with Crippen LogP contribution in [0.1, 0.15) is 44.4 Å². The second-order valence-corrected chi connectivity index (χ2v) is 8.57. The molecule has 6 nitrogen and oxygen atoms in total. The molecule has 0 bridgehead atoms. The second kappa shape index (κ2) is 11.1. The number of nitrogens with one attached hydrogen (secondary N) is 2. The third-order valence-electron chi connectivity index (χ3n) is 5.77. The zero-order valence-electron chi connectivity index (χ0n) is 19.4. The molecule has 1 saturated heterocycles. The first-order chi connectivity index (χ1) is 15.0. The minimum absolute atomic E-state index is 0.00424. The topological polar surface area (TPSA) is 61.8 Å². The molecule has 0 radical (unpaired) electrons. The molecule has 1 aromatic carbocycles. The Labute approximate surface area is 187 Å². The number of ether oxygens (including phenoxy) is 1. The molecule has 0 aliphatic carbocycles. The highest BCUT2D eigenvalue weighted by Crippen LogP contribution is 2.23. The second-order valence-electron chi connectivity index (χ2n) is 8.57. The van der Waals surface area contributed by atoms with E-state index in [2.05, 4.69) is 78.5 Å². The van der Waals surface area contributed by atoms with Crippen molar-refractivity contribution in [2.45, 2.75) is 46.1 Å². The van der Waals surface area contributed by atoms with Gasteiger partial charge in [-0.25, -0.2) is 9.98 Å². The lowest BCUT2D eigenvalue weighted by Gasteiger charge is -2.29. The summed E-state index contributed by atoms with van der Waals surface area (Å²) in [7, 11) is 0. The maximum atomic E-state index is 5.49. The molecule has 168 valence electrons. The largest absolute Gasteiger partial charge is 0.378 e. The Morgan fingerprint density at radius 1 is 1.10 bits per heavy atom. The van der Waals surface area contributed by atoms with Crippen LogP contribution in [0.25, 0.3) is 0 Å². The van der Waals surface area contributed by atoms with E-state index >= 15 is 0 Å². The number of aliphatic imine (C=N–C) groups is 1. The van der Waals surface area contributed by atoms with Gasteiger partial charge in [-0.2, -0.15) is 0 Å². The van der Waals surface area contributed by atoms with E-state index < -0.39 is 0 Å². The van der Waals surface area contributed by atoms with E-state index in [0.717, 1.165) is 63.2 Å². The summed E-state index contributed by atoms with van der Waals surface area (Å²) < 4.78 is 5.49. The van der Waals surface area contributed by atoms with Crippen molar-refractivity contribution in [1.82, 2.24) is 15.6 Å². The molecule has 2 heterocycles. The van der Waals surface area contributed by atoms with Crippen LogP contribution in [0.4, 0.5) is 5.82 Å². The summed E-state index contributed by atoms with van der Waals surface area (Å²) in [6.07, 6.45) is 2.92. The number of morpholine rings is 1. The highest BCUT2D eigenvalue weighted by molar-refractivity contribution is 5.80. The molecule has 0 atom stereocenters. The Balaban J connectivity index is 1.67. The summed E-state index contributed by atoms with van der Waals surface area (Å²) in [5, 5.41) is 6.92. The Bertz CT molecular complexity index is 841. The number of aryl methyl sites for hydroxylation is 1. The number of aromatic nitrogens is 1. The van der Waals surface area contributed by atoms with Crippen molar-refractivity contribution >= 4 is 11.8 Å². The lowest BCUT2D eigenvalue weighted by Crippen LogP contribution is -2.43. The minimum atomic E-state index is -0.00424. The van der Waals surface area contributed by atoms with E-state index in [1.165, 1.54) is 11.1 Å². The molecule has 0 spiro atoms. The fourth-order valence-electron chi connectivity index (χ4n) is 3.72. The van der Waals surface area contributed by atoms with Gasteiger partial charge in [-0.3, -0.25) is 0 Å². The molecule has 2 N–H and O–H groups in total. The first kappa shape index (κ1) is 23.1. The van der Waals surface area contributed by atoms with E-state index in [1.807, 2.05) is 12.3 Å². The van der Waals surface area contributed by atoms with Crippen LogP contribution < -0.4 is 15.5 Å². The Morgan fingerprint density at radius 3 is 2.52 bits per heavy atom. The van der Waals surface area contributed by atoms with Gasteiger partial charge in [-0.05, 0) is 30.5 Å². The number of anilines is 1. The van der Waals surface area contributed by atoms with Crippen LogP contribution in [0.15, 0.2) is 47.6 Å². The fourth-order valence-corrected chi connectivity index (χ4v) is 3.72. The number of benzene rings is 1. The van der Waals surface area contributed by atoms with Crippen LogP contribution in [-0.2, 0) is 23.1 Å². The number of nitrogens with zero attached hydrogens (tertiary/aromatic N) is 3. The number of rotatable bonds is 8. The molecule has 3 rings (SSSR count). The molecule has 1 aliphatic heterocycles. The highest BCUT2D eigenvalue weighted by atomic mass is 16.5. The maximum absolute atomic E-state index is 5.49. The monoisotopic (exact) mass is 423 g/mol. The van der Waals surface area contributed by atoms with E-state index in [9.17, 15) is 0 Å². The predicted molar refractivity (Wildman–Crippen MR) is 129 cm³/mol. The maximum Gasteiger partial charge on any atom is 0.191 e. The van der Waals surface area contributed by atoms with Gasteiger partial charge in [0.2, 0.25) is 0 Å². The van der Waals surface area contributed by atoms with Crippen molar-refractivity contribution in [3.63, 3.8) is 0 Å². The molecular weight excluding hydrogens is 386 g/mol. The van der Waals surface area contributed by atoms with Gasteiger partial charge in [-0.15, -0.1) is 0 Å². The molecule has 1 aliphatic rings. The molecule has 1 fully saturated rings. The molecule has 0 unspecified atom stereocenters. The van der Waals surface area contributed by atoms with Gasteiger partial charge in [0.25, 0.3) is 0 Å². The number of hydrogen-bond donors (Lipinski definition) is 2. The van der Waals surface area contributed by atoms with Crippen LogP contribution in [-0.4, -0.2) is 50.3 Å². The number of hydrogen-bond acceptors (Lipinski definition) is 4. The predicted octanol–water partition coefficient (Wildman–Crippen LogP) is 3.51. The molecular formula is C25H37N5O. The molecule has 1 aromatic heterocycles. The first-order valence-corrected chi connectivity index (χ1v) is 11.4. The SMILES string of the molecule is CCNC(=NCc1cccnc1N1CCOCC1)NCC(C)(C)c1ccc(CC)cc1. The molecule has 31 heavy (non-hydrogen) atoms. The average Bonchev–Trinajstić information content (AvgIpc) is 2.81. The van der Waals surface area contributed by atoms with Gasteiger partial charge < -0.3 is 20.3 Å². The third-order valence-corrected chi connectivity index (χ3v) is 5.77. The number of guanidine groups is 1. The highest BCUT2D eigenvalue weighted by Gasteiger charge is 2.21. The average molecular weight is 424 g/mol. The first-order valence-electron chi connectivity index (χ1n) is 11.4. The van der Waals surface area contributed by atoms with E-state index in [1.54, 1.807) is 0 Å².